The van der Waals surface area contributed by atoms with Crippen LogP contribution in [0.2, 0.25) is 0 Å². The van der Waals surface area contributed by atoms with Crippen molar-refractivity contribution in [2.45, 2.75) is 168 Å². The van der Waals surface area contributed by atoms with Crippen LogP contribution < -0.4 is 10.5 Å². The second-order valence-corrected chi connectivity index (χ2v) is 18.8. The molecule has 2 aromatic carbocycles. The van der Waals surface area contributed by atoms with Gasteiger partial charge in [0.1, 0.15) is 22.8 Å². The number of hydrogen-bond acceptors (Lipinski definition) is 13. The van der Waals surface area contributed by atoms with Crippen molar-refractivity contribution in [1.29, 1.82) is 0 Å². The van der Waals surface area contributed by atoms with Gasteiger partial charge >= 0.3 is 5.97 Å². The molecule has 2 aromatic rings. The van der Waals surface area contributed by atoms with Gasteiger partial charge in [0.2, 0.25) is 11.6 Å². The molecule has 1 saturated heterocycles. The van der Waals surface area contributed by atoms with Crippen molar-refractivity contribution in [2.75, 3.05) is 13.7 Å². The Labute approximate surface area is 395 Å². The number of unbranched alkanes of at least 4 members (excludes halogenated alkanes) is 1. The summed E-state index contributed by atoms with van der Waals surface area (Å²) in [5, 5.41) is 46.1. The van der Waals surface area contributed by atoms with Crippen LogP contribution >= 0.6 is 0 Å². The fourth-order valence-corrected chi connectivity index (χ4v) is 9.00. The normalized spacial score (nSPS) is 23.3. The van der Waals surface area contributed by atoms with Crippen molar-refractivity contribution in [3.63, 3.8) is 0 Å². The topological polar surface area (TPSA) is 212 Å². The summed E-state index contributed by atoms with van der Waals surface area (Å²) in [6.45, 7) is 13.5. The Kier molecular flexibility index (Phi) is 18.7. The lowest BCUT2D eigenvalue weighted by atomic mass is 9.72. The van der Waals surface area contributed by atoms with Crippen LogP contribution in [-0.2, 0) is 30.2 Å². The molecule has 13 nitrogen and oxygen atoms in total. The first-order chi connectivity index (χ1) is 31.8. The first-order valence-corrected chi connectivity index (χ1v) is 23.5. The van der Waals surface area contributed by atoms with Crippen molar-refractivity contribution in [3.8, 4) is 17.2 Å². The van der Waals surface area contributed by atoms with E-state index in [4.69, 9.17) is 24.7 Å². The SMILES string of the molecule is COc1cccc2c1C(=O)c1c(O)c3c(c(O)c1C2=O)CC(O)(C(=O)COC(=O)CCC(C)=CCCC(C)=CCC/C=C(\C)CC/C=C(\C)CCC=C(C)C)CC3OC1CC(N)C(O)C(C)O1. The molecule has 364 valence electrons. The van der Waals surface area contributed by atoms with E-state index in [0.29, 0.717) is 6.42 Å². The third kappa shape index (κ3) is 13.3. The van der Waals surface area contributed by atoms with E-state index in [1.807, 2.05) is 6.92 Å². The lowest BCUT2D eigenvalue weighted by Crippen LogP contribution is -2.53. The summed E-state index contributed by atoms with van der Waals surface area (Å²) in [7, 11) is 1.33. The maximum absolute atomic E-state index is 14.0. The predicted molar refractivity (Wildman–Crippen MR) is 256 cm³/mol. The van der Waals surface area contributed by atoms with Crippen LogP contribution in [-0.4, -0.2) is 87.6 Å². The number of rotatable bonds is 21. The minimum atomic E-state index is -2.33. The van der Waals surface area contributed by atoms with Crippen LogP contribution in [0.25, 0.3) is 0 Å². The van der Waals surface area contributed by atoms with E-state index in [1.54, 1.807) is 6.92 Å². The van der Waals surface area contributed by atoms with Gasteiger partial charge in [0.25, 0.3) is 0 Å². The number of ether oxygens (including phenoxy) is 4. The van der Waals surface area contributed by atoms with E-state index >= 15 is 0 Å². The first-order valence-electron chi connectivity index (χ1n) is 23.5. The predicted octanol–water partition coefficient (Wildman–Crippen LogP) is 9.20. The third-order valence-electron chi connectivity index (χ3n) is 13.1. The van der Waals surface area contributed by atoms with Crippen LogP contribution in [0.3, 0.4) is 0 Å². The number of aromatic hydroxyl groups is 2. The molecule has 0 amide bonds. The molecule has 1 heterocycles. The second kappa shape index (κ2) is 23.7. The molecular weight excluding hydrogens is 855 g/mol. The van der Waals surface area contributed by atoms with Gasteiger partial charge in [-0.2, -0.15) is 0 Å². The summed E-state index contributed by atoms with van der Waals surface area (Å²) in [5.74, 6) is -4.44. The Balaban J connectivity index is 1.18. The Morgan fingerprint density at radius 1 is 0.791 bits per heavy atom. The standard InChI is InChI=1S/C54H71NO12/c1-31(2)15-11-18-34(5)21-12-19-32(3)16-9-10-17-33(4)20-13-22-35(6)25-26-43(57)65-30-42(56)54(63)28-38-46(41(29-54)67-44-27-39(55)49(58)36(7)66-44)53(62)48-47(51(38)60)50(59)37-23-14-24-40(64-8)45(37)52(48)61/h14-17,21-24,36,39,41,44,49,58,60,62-63H,9-13,18-20,25-30,55H2,1-8H3/b32-16+,33-17?,34-21+,35-22?. The van der Waals surface area contributed by atoms with Crippen LogP contribution in [0.4, 0.5) is 0 Å². The summed E-state index contributed by atoms with van der Waals surface area (Å²) in [5.41, 5.74) is 8.86. The van der Waals surface area contributed by atoms with Crippen LogP contribution in [0, 0.1) is 0 Å². The number of methoxy groups -OCH3 is 1. The number of fused-ring (bicyclic) bond motifs is 3. The lowest BCUT2D eigenvalue weighted by Gasteiger charge is -2.42. The molecule has 0 radical (unpaired) electrons. The molecular formula is C54H71NO12. The van der Waals surface area contributed by atoms with Crippen molar-refractivity contribution < 1.29 is 58.6 Å². The molecule has 67 heavy (non-hydrogen) atoms. The highest BCUT2D eigenvalue weighted by Gasteiger charge is 2.50. The maximum Gasteiger partial charge on any atom is 0.306 e. The number of Topliss-reactive ketones (excluding diaryl/α,β-unsaturated/α-hetero) is 1. The molecule has 6 unspecified atom stereocenters. The molecule has 1 aliphatic heterocycles. The second-order valence-electron chi connectivity index (χ2n) is 18.8. The lowest BCUT2D eigenvalue weighted by molar-refractivity contribution is -0.247. The van der Waals surface area contributed by atoms with Gasteiger partial charge in [-0.25, -0.2) is 0 Å². The Morgan fingerprint density at radius 3 is 1.94 bits per heavy atom. The summed E-state index contributed by atoms with van der Waals surface area (Å²) in [4.78, 5) is 54.7. The number of nitrogens with two attached hydrogens (primary N) is 1. The average molecular weight is 926 g/mol. The van der Waals surface area contributed by atoms with Crippen LogP contribution in [0.1, 0.15) is 175 Å². The molecule has 0 saturated carbocycles. The number of esters is 1. The summed E-state index contributed by atoms with van der Waals surface area (Å²) < 4.78 is 22.8. The average Bonchev–Trinajstić information content (AvgIpc) is 3.27. The summed E-state index contributed by atoms with van der Waals surface area (Å²) >= 11 is 0. The highest BCUT2D eigenvalue weighted by atomic mass is 16.7. The van der Waals surface area contributed by atoms with Crippen molar-refractivity contribution in [2.24, 2.45) is 5.73 Å². The van der Waals surface area contributed by atoms with Crippen molar-refractivity contribution in [1.82, 2.24) is 0 Å². The van der Waals surface area contributed by atoms with E-state index in [2.05, 4.69) is 65.0 Å². The number of phenolic OH excluding ortho intramolecular Hbond substituents is 2. The molecule has 13 heteroatoms. The van der Waals surface area contributed by atoms with Gasteiger partial charge in [0, 0.05) is 48.4 Å². The molecule has 5 rings (SSSR count). The smallest absolute Gasteiger partial charge is 0.306 e. The molecule has 0 spiro atoms. The van der Waals surface area contributed by atoms with E-state index in [0.717, 1.165) is 56.9 Å². The number of benzene rings is 2. The van der Waals surface area contributed by atoms with E-state index in [1.165, 1.54) is 47.6 Å². The largest absolute Gasteiger partial charge is 0.507 e. The number of aliphatic hydroxyl groups excluding tert-OH is 1. The highest BCUT2D eigenvalue weighted by molar-refractivity contribution is 6.31. The van der Waals surface area contributed by atoms with Gasteiger partial charge in [0.15, 0.2) is 18.7 Å². The van der Waals surface area contributed by atoms with Crippen molar-refractivity contribution in [3.05, 3.63) is 110 Å². The van der Waals surface area contributed by atoms with Crippen molar-refractivity contribution >= 4 is 23.3 Å². The van der Waals surface area contributed by atoms with E-state index in [9.17, 15) is 39.6 Å². The van der Waals surface area contributed by atoms with Gasteiger partial charge in [0.05, 0.1) is 42.1 Å². The molecule has 1 fully saturated rings. The fraction of sp³-hybridized carbons (Fsp3) is 0.519. The minimum absolute atomic E-state index is 0.000877. The zero-order valence-electron chi connectivity index (χ0n) is 40.5. The molecule has 3 aliphatic rings. The molecule has 0 bridgehead atoms. The Bertz CT molecular complexity index is 2320. The zero-order valence-corrected chi connectivity index (χ0v) is 40.5. The van der Waals surface area contributed by atoms with Gasteiger partial charge in [-0.15, -0.1) is 0 Å². The monoisotopic (exact) mass is 925 g/mol. The number of phenols is 2. The number of hydrogen-bond donors (Lipinski definition) is 5. The molecule has 6 N–H and O–H groups in total. The van der Waals surface area contributed by atoms with Crippen LogP contribution in [0.15, 0.2) is 76.4 Å². The van der Waals surface area contributed by atoms with Gasteiger partial charge in [-0.05, 0) is 112 Å². The number of carbonyl (C=O) groups is 4. The van der Waals surface area contributed by atoms with Gasteiger partial charge < -0.3 is 45.1 Å². The van der Waals surface area contributed by atoms with E-state index in [-0.39, 0.29) is 40.8 Å². The van der Waals surface area contributed by atoms with Gasteiger partial charge in [-0.3, -0.25) is 19.2 Å². The quantitative estimate of drug-likeness (QED) is 0.0292. The number of aliphatic hydroxyl groups is 2. The number of carbonyl (C=O) groups excluding carboxylic acids is 4. The Hall–Kier alpha value is -5.18. The third-order valence-corrected chi connectivity index (χ3v) is 13.1. The Morgan fingerprint density at radius 2 is 1.36 bits per heavy atom. The maximum atomic E-state index is 14.0. The number of allylic oxidation sites excluding steroid dienone is 10. The summed E-state index contributed by atoms with van der Waals surface area (Å²) in [6.07, 6.45) is 14.4. The zero-order chi connectivity index (χ0) is 49.2. The number of ketones is 3. The molecule has 2 aliphatic carbocycles. The van der Waals surface area contributed by atoms with Gasteiger partial charge in [-0.1, -0.05) is 70.4 Å². The minimum Gasteiger partial charge on any atom is -0.507 e. The summed E-state index contributed by atoms with van der Waals surface area (Å²) in [6, 6.07) is 3.62. The van der Waals surface area contributed by atoms with Crippen LogP contribution in [0.5, 0.6) is 17.2 Å². The highest BCUT2D eigenvalue weighted by Crippen LogP contribution is 2.52. The first kappa shape index (κ1) is 52.8. The fourth-order valence-electron chi connectivity index (χ4n) is 9.00. The molecule has 6 atom stereocenters. The molecule has 0 aromatic heterocycles. The van der Waals surface area contributed by atoms with E-state index < -0.39 is 102 Å².